The number of rotatable bonds is 4. The van der Waals surface area contributed by atoms with E-state index in [4.69, 9.17) is 21.1 Å². The van der Waals surface area contributed by atoms with Crippen molar-refractivity contribution in [1.29, 1.82) is 0 Å². The van der Waals surface area contributed by atoms with Gasteiger partial charge in [0.25, 0.3) is 5.91 Å². The van der Waals surface area contributed by atoms with Gasteiger partial charge in [-0.2, -0.15) is 0 Å². The normalized spacial score (nSPS) is 19.2. The van der Waals surface area contributed by atoms with E-state index < -0.39 is 0 Å². The van der Waals surface area contributed by atoms with Gasteiger partial charge in [-0.05, 0) is 25.3 Å². The molecule has 0 radical (unpaired) electrons. The zero-order valence-electron chi connectivity index (χ0n) is 13.7. The van der Waals surface area contributed by atoms with Crippen molar-refractivity contribution in [2.75, 3.05) is 23.8 Å². The highest BCUT2D eigenvalue weighted by molar-refractivity contribution is 6.34. The molecule has 0 fully saturated rings. The zero-order valence-corrected chi connectivity index (χ0v) is 14.4. The second-order valence-corrected chi connectivity index (χ2v) is 6.34. The Kier molecular flexibility index (Phi) is 5.79. The van der Waals surface area contributed by atoms with E-state index >= 15 is 0 Å². The van der Waals surface area contributed by atoms with Crippen LogP contribution in [0.2, 0.25) is 5.02 Å². The molecule has 1 aromatic rings. The minimum absolute atomic E-state index is 0.0640. The van der Waals surface area contributed by atoms with Crippen LogP contribution in [0.3, 0.4) is 0 Å². The van der Waals surface area contributed by atoms with Crippen LogP contribution >= 0.6 is 11.6 Å². The van der Waals surface area contributed by atoms with Gasteiger partial charge >= 0.3 is 0 Å². The summed E-state index contributed by atoms with van der Waals surface area (Å²) in [6, 6.07) is 3.13. The van der Waals surface area contributed by atoms with E-state index in [1.54, 1.807) is 12.1 Å². The van der Waals surface area contributed by atoms with Crippen molar-refractivity contribution in [3.8, 4) is 17.6 Å². The van der Waals surface area contributed by atoms with Crippen molar-refractivity contribution < 1.29 is 19.1 Å². The van der Waals surface area contributed by atoms with Crippen molar-refractivity contribution in [3.05, 3.63) is 17.2 Å². The topological polar surface area (TPSA) is 76.7 Å². The minimum Gasteiger partial charge on any atom is -0.482 e. The van der Waals surface area contributed by atoms with Gasteiger partial charge in [0.1, 0.15) is 18.5 Å². The first-order valence-electron chi connectivity index (χ1n) is 8.28. The minimum atomic E-state index is -0.314. The number of nitrogens with one attached hydrogen (secondary N) is 2. The van der Waals surface area contributed by atoms with Gasteiger partial charge in [-0.3, -0.25) is 9.59 Å². The lowest BCUT2D eigenvalue weighted by molar-refractivity contribution is -0.121. The third kappa shape index (κ3) is 4.88. The van der Waals surface area contributed by atoms with Crippen LogP contribution in [0.5, 0.6) is 5.75 Å². The van der Waals surface area contributed by atoms with Crippen LogP contribution in [0.25, 0.3) is 0 Å². The summed E-state index contributed by atoms with van der Waals surface area (Å²) in [7, 11) is 0. The molecule has 2 amide bonds. The summed E-state index contributed by atoms with van der Waals surface area (Å²) in [5.41, 5.74) is 0.897. The van der Waals surface area contributed by atoms with Crippen molar-refractivity contribution in [3.63, 3.8) is 0 Å². The summed E-state index contributed by atoms with van der Waals surface area (Å²) in [5.74, 6) is 6.05. The SMILES string of the molecule is O=C(COC1C#CCCCCC1)Nc1cc2c(cc1Cl)NC(=O)CO2. The van der Waals surface area contributed by atoms with Crippen molar-refractivity contribution >= 4 is 34.8 Å². The first-order valence-corrected chi connectivity index (χ1v) is 8.65. The van der Waals surface area contributed by atoms with Crippen LogP contribution < -0.4 is 15.4 Å². The van der Waals surface area contributed by atoms with Crippen molar-refractivity contribution in [2.24, 2.45) is 0 Å². The van der Waals surface area contributed by atoms with Crippen molar-refractivity contribution in [2.45, 2.75) is 38.2 Å². The Morgan fingerprint density at radius 2 is 2.28 bits per heavy atom. The molecule has 0 saturated carbocycles. The maximum atomic E-state index is 12.1. The van der Waals surface area contributed by atoms with E-state index in [9.17, 15) is 9.59 Å². The highest BCUT2D eigenvalue weighted by Crippen LogP contribution is 2.36. The van der Waals surface area contributed by atoms with Gasteiger partial charge in [-0.15, -0.1) is 5.92 Å². The lowest BCUT2D eigenvalue weighted by Crippen LogP contribution is -2.26. The fourth-order valence-corrected chi connectivity index (χ4v) is 2.87. The van der Waals surface area contributed by atoms with E-state index in [-0.39, 0.29) is 31.1 Å². The van der Waals surface area contributed by atoms with Crippen LogP contribution in [0.1, 0.15) is 32.1 Å². The predicted molar refractivity (Wildman–Crippen MR) is 94.8 cm³/mol. The predicted octanol–water partition coefficient (Wildman–Crippen LogP) is 2.96. The Bertz CT molecular complexity index is 739. The average molecular weight is 363 g/mol. The number of amides is 2. The highest BCUT2D eigenvalue weighted by Gasteiger charge is 2.19. The lowest BCUT2D eigenvalue weighted by atomic mass is 10.1. The Labute approximate surface area is 151 Å². The van der Waals surface area contributed by atoms with Crippen molar-refractivity contribution in [1.82, 2.24) is 0 Å². The molecule has 1 aliphatic carbocycles. The van der Waals surface area contributed by atoms with Gasteiger partial charge in [0.2, 0.25) is 5.91 Å². The summed E-state index contributed by atoms with van der Waals surface area (Å²) < 4.78 is 10.9. The summed E-state index contributed by atoms with van der Waals surface area (Å²) >= 11 is 6.16. The van der Waals surface area contributed by atoms with Gasteiger partial charge in [-0.1, -0.05) is 23.9 Å². The Balaban J connectivity index is 1.58. The number of ether oxygens (including phenoxy) is 2. The molecule has 1 aliphatic heterocycles. The number of benzene rings is 1. The summed E-state index contributed by atoms with van der Waals surface area (Å²) in [6.45, 7) is -0.157. The summed E-state index contributed by atoms with van der Waals surface area (Å²) in [6.07, 6.45) is 4.84. The van der Waals surface area contributed by atoms with Gasteiger partial charge in [0, 0.05) is 12.5 Å². The molecule has 0 saturated heterocycles. The molecule has 2 aliphatic rings. The molecule has 25 heavy (non-hydrogen) atoms. The van der Waals surface area contributed by atoms with E-state index in [2.05, 4.69) is 22.5 Å². The monoisotopic (exact) mass is 362 g/mol. The molecule has 1 aromatic carbocycles. The van der Waals surface area contributed by atoms with E-state index in [0.717, 1.165) is 32.1 Å². The van der Waals surface area contributed by atoms with Gasteiger partial charge in [0.15, 0.2) is 6.61 Å². The van der Waals surface area contributed by atoms with Crippen LogP contribution in [-0.4, -0.2) is 31.1 Å². The fraction of sp³-hybridized carbons (Fsp3) is 0.444. The molecule has 1 unspecified atom stereocenters. The molecular weight excluding hydrogens is 344 g/mol. The maximum absolute atomic E-state index is 12.1. The number of carbonyl (C=O) groups excluding carboxylic acids is 2. The zero-order chi connectivity index (χ0) is 17.6. The number of fused-ring (bicyclic) bond motifs is 1. The number of halogens is 1. The molecule has 7 heteroatoms. The molecular formula is C18H19ClN2O4. The third-order valence-corrected chi connectivity index (χ3v) is 4.24. The number of hydrogen-bond acceptors (Lipinski definition) is 4. The van der Waals surface area contributed by atoms with E-state index in [0.29, 0.717) is 22.1 Å². The first kappa shape index (κ1) is 17.6. The Morgan fingerprint density at radius 1 is 1.40 bits per heavy atom. The second kappa shape index (κ2) is 8.24. The maximum Gasteiger partial charge on any atom is 0.262 e. The van der Waals surface area contributed by atoms with Crippen LogP contribution in [0.15, 0.2) is 12.1 Å². The Morgan fingerprint density at radius 3 is 3.16 bits per heavy atom. The molecule has 1 heterocycles. The number of hydrogen-bond donors (Lipinski definition) is 2. The average Bonchev–Trinajstić information content (AvgIpc) is 2.55. The van der Waals surface area contributed by atoms with Crippen LogP contribution in [0.4, 0.5) is 11.4 Å². The summed E-state index contributed by atoms with van der Waals surface area (Å²) in [5, 5.41) is 5.67. The second-order valence-electron chi connectivity index (χ2n) is 5.93. The molecule has 0 spiro atoms. The highest BCUT2D eigenvalue weighted by atomic mass is 35.5. The van der Waals surface area contributed by atoms with E-state index in [1.165, 1.54) is 0 Å². The third-order valence-electron chi connectivity index (χ3n) is 3.92. The molecule has 2 N–H and O–H groups in total. The smallest absolute Gasteiger partial charge is 0.262 e. The fourth-order valence-electron chi connectivity index (χ4n) is 2.66. The molecule has 0 aromatic heterocycles. The van der Waals surface area contributed by atoms with Crippen LogP contribution in [-0.2, 0) is 14.3 Å². The van der Waals surface area contributed by atoms with Gasteiger partial charge in [0.05, 0.1) is 16.4 Å². The Hall–Kier alpha value is -2.23. The first-order chi connectivity index (χ1) is 12.1. The summed E-state index contributed by atoms with van der Waals surface area (Å²) in [4.78, 5) is 23.4. The molecule has 6 nitrogen and oxygen atoms in total. The van der Waals surface area contributed by atoms with Gasteiger partial charge < -0.3 is 20.1 Å². The van der Waals surface area contributed by atoms with Gasteiger partial charge in [-0.25, -0.2) is 0 Å². The number of anilines is 2. The molecule has 3 rings (SSSR count). The molecule has 0 bridgehead atoms. The quantitative estimate of drug-likeness (QED) is 0.807. The van der Waals surface area contributed by atoms with Crippen LogP contribution in [0, 0.1) is 11.8 Å². The standard InChI is InChI=1S/C18H19ClN2O4/c19-13-8-15-16(25-11-18(23)21-15)9-14(13)20-17(22)10-24-12-6-4-2-1-3-5-7-12/h8-9,12H,1-4,6,10-11H2,(H,20,22)(H,21,23). The molecule has 1 atom stereocenters. The molecule has 132 valence electrons. The number of carbonyl (C=O) groups is 2. The largest absolute Gasteiger partial charge is 0.482 e. The lowest BCUT2D eigenvalue weighted by Gasteiger charge is -2.20. The van der Waals surface area contributed by atoms with E-state index in [1.807, 2.05) is 0 Å².